The molecule has 0 saturated carbocycles. The SMILES string of the molecule is CC(C)(C)NC(=O)c1c[nH]c2ncc(-c3nn(CC4CN(Cc5ccccc5)CCO4)c4ccc(OC(F)F)cc34)nc12.CC(C)(C)NC(=O)c1cn(COCC[Si](C)(C)C)c2ncc(-c3nn(CC4CN(Cc5ccccc5)CCO4)c4ccc(OC(F)F)cc34)nc12. The van der Waals surface area contributed by atoms with Gasteiger partial charge in [-0.2, -0.15) is 27.8 Å². The molecule has 21 nitrogen and oxygen atoms in total. The number of halogens is 4. The molecule has 2 aliphatic rings. The number of aromatic amines is 1. The monoisotopic (exact) mass is 1310 g/mol. The van der Waals surface area contributed by atoms with E-state index in [1.807, 2.05) is 87.3 Å². The number of aromatic nitrogens is 10. The van der Waals surface area contributed by atoms with E-state index in [9.17, 15) is 27.2 Å². The molecule has 12 rings (SSSR count). The number of nitrogens with one attached hydrogen (secondary N) is 3. The van der Waals surface area contributed by atoms with Crippen LogP contribution in [-0.2, 0) is 47.1 Å². The first-order valence-corrected chi connectivity index (χ1v) is 35.2. The molecule has 26 heteroatoms. The van der Waals surface area contributed by atoms with Crippen molar-refractivity contribution in [3.8, 4) is 34.3 Å². The van der Waals surface area contributed by atoms with Crippen LogP contribution in [0.4, 0.5) is 17.6 Å². The van der Waals surface area contributed by atoms with E-state index >= 15 is 0 Å². The minimum absolute atomic E-state index is 0.00199. The summed E-state index contributed by atoms with van der Waals surface area (Å²) in [4.78, 5) is 53.2. The molecule has 2 unspecified atom stereocenters. The van der Waals surface area contributed by atoms with Crippen LogP contribution >= 0.6 is 0 Å². The molecule has 3 N–H and O–H groups in total. The third-order valence-corrected chi connectivity index (χ3v) is 17.4. The van der Waals surface area contributed by atoms with Gasteiger partial charge in [0.25, 0.3) is 11.8 Å². The fourth-order valence-corrected chi connectivity index (χ4v) is 12.2. The number of carbonyl (C=O) groups excluding carboxylic acids is 2. The third kappa shape index (κ3) is 17.0. The molecule has 0 radical (unpaired) electrons. The van der Waals surface area contributed by atoms with E-state index in [1.54, 1.807) is 47.6 Å². The number of alkyl halides is 4. The number of benzene rings is 4. The van der Waals surface area contributed by atoms with Crippen molar-refractivity contribution in [2.75, 3.05) is 46.0 Å². The van der Waals surface area contributed by atoms with E-state index in [1.165, 1.54) is 29.3 Å². The zero-order chi connectivity index (χ0) is 66.5. The lowest BCUT2D eigenvalue weighted by molar-refractivity contribution is -0.0504. The molecule has 2 atom stereocenters. The highest BCUT2D eigenvalue weighted by molar-refractivity contribution is 6.76. The van der Waals surface area contributed by atoms with Crippen LogP contribution in [0.25, 0.3) is 66.9 Å². The van der Waals surface area contributed by atoms with E-state index in [0.29, 0.717) is 124 Å². The number of nitrogens with zero attached hydrogens (tertiary/aromatic N) is 11. The number of fused-ring (bicyclic) bond motifs is 4. The Bertz CT molecular complexity index is 4260. The zero-order valence-electron chi connectivity index (χ0n) is 54.3. The normalized spacial score (nSPS) is 16.1. The Morgan fingerprint density at radius 2 is 1.15 bits per heavy atom. The second-order valence-corrected chi connectivity index (χ2v) is 32.6. The highest BCUT2D eigenvalue weighted by Crippen LogP contribution is 2.35. The summed E-state index contributed by atoms with van der Waals surface area (Å²) in [5, 5.41) is 16.9. The topological polar surface area (TPSA) is 219 Å². The number of H-pyrrole nitrogens is 1. The van der Waals surface area contributed by atoms with Crippen LogP contribution in [0.5, 0.6) is 11.5 Å². The minimum Gasteiger partial charge on any atom is -0.435 e. The Hall–Kier alpha value is -8.66. The first-order chi connectivity index (χ1) is 44.8. The average Bonchev–Trinajstić information content (AvgIpc) is 1.62. The summed E-state index contributed by atoms with van der Waals surface area (Å²) in [5.41, 5.74) is 6.99. The molecule has 6 aromatic heterocycles. The molecule has 0 bridgehead atoms. The molecule has 2 aliphatic heterocycles. The molecule has 496 valence electrons. The van der Waals surface area contributed by atoms with Crippen LogP contribution in [-0.4, -0.2) is 161 Å². The van der Waals surface area contributed by atoms with Gasteiger partial charge in [-0.1, -0.05) is 80.3 Å². The predicted molar refractivity (Wildman–Crippen MR) is 354 cm³/mol. The van der Waals surface area contributed by atoms with Crippen LogP contribution in [0.1, 0.15) is 73.4 Å². The fourth-order valence-electron chi connectivity index (χ4n) is 11.4. The summed E-state index contributed by atoms with van der Waals surface area (Å²) in [6.07, 6.45) is 6.13. The number of carbonyl (C=O) groups is 2. The Balaban J connectivity index is 0.000000194. The predicted octanol–water partition coefficient (Wildman–Crippen LogP) is 11.8. The van der Waals surface area contributed by atoms with Crippen molar-refractivity contribution in [2.45, 2.75) is 137 Å². The molecule has 94 heavy (non-hydrogen) atoms. The molecule has 10 aromatic rings. The van der Waals surface area contributed by atoms with Gasteiger partial charge >= 0.3 is 13.2 Å². The second-order valence-electron chi connectivity index (χ2n) is 27.0. The third-order valence-electron chi connectivity index (χ3n) is 15.7. The van der Waals surface area contributed by atoms with Crippen molar-refractivity contribution < 1.29 is 50.8 Å². The van der Waals surface area contributed by atoms with Gasteiger partial charge in [-0.25, -0.2) is 19.9 Å². The van der Waals surface area contributed by atoms with E-state index in [4.69, 9.17) is 48.8 Å². The summed E-state index contributed by atoms with van der Waals surface area (Å²) in [7, 11) is -1.30. The number of rotatable bonds is 21. The molecular formula is C68H80F4N14O7Si. The Kier molecular flexibility index (Phi) is 20.3. The maximum Gasteiger partial charge on any atom is 0.387 e. The first kappa shape index (κ1) is 66.8. The van der Waals surface area contributed by atoms with Gasteiger partial charge in [0.2, 0.25) is 0 Å². The molecule has 8 heterocycles. The van der Waals surface area contributed by atoms with Gasteiger partial charge in [-0.05, 0) is 95.1 Å². The zero-order valence-corrected chi connectivity index (χ0v) is 55.3. The largest absolute Gasteiger partial charge is 0.435 e. The molecule has 0 spiro atoms. The van der Waals surface area contributed by atoms with Gasteiger partial charge in [-0.15, -0.1) is 0 Å². The molecular weight excluding hydrogens is 1230 g/mol. The van der Waals surface area contributed by atoms with Gasteiger partial charge < -0.3 is 43.9 Å². The van der Waals surface area contributed by atoms with Crippen LogP contribution in [0.3, 0.4) is 0 Å². The van der Waals surface area contributed by atoms with Crippen molar-refractivity contribution in [3.63, 3.8) is 0 Å². The second kappa shape index (κ2) is 28.5. The average molecular weight is 1310 g/mol. The standard InChI is InChI=1S/C37H47F2N7O4Si.C31H33F2N7O3/c1-37(2,3)42-35(47)29-23-45(24-48-16-17-51(4,5)6)34-33(29)41-30(19-40-34)32-28-18-26(50-36(38)39)12-13-31(28)46(43-32)22-27-21-44(14-15-49-27)20-25-10-8-7-9-11-25;1-31(2,3)37-29(41)23-14-34-28-27(23)36-24(15-35-28)26-22-13-20(43-30(32)33)9-10-25(22)40(38-26)18-21-17-39(11-12-42-21)16-19-7-5-4-6-8-19/h7-13,18-19,23,27,36H,14-17,20-22,24H2,1-6H3,(H,42,47);4-10,13-15,21,30H,11-12,16-18H2,1-3H3,(H,34,35)(H,37,41). The summed E-state index contributed by atoms with van der Waals surface area (Å²) in [6.45, 7) is 19.9. The van der Waals surface area contributed by atoms with Crippen molar-refractivity contribution in [1.29, 1.82) is 0 Å². The summed E-state index contributed by atoms with van der Waals surface area (Å²) < 4.78 is 86.0. The molecule has 0 aliphatic carbocycles. The number of hydrogen-bond donors (Lipinski definition) is 3. The van der Waals surface area contributed by atoms with Crippen LogP contribution in [0.15, 0.2) is 122 Å². The summed E-state index contributed by atoms with van der Waals surface area (Å²) >= 11 is 0. The van der Waals surface area contributed by atoms with Gasteiger partial charge in [-0.3, -0.25) is 28.8 Å². The van der Waals surface area contributed by atoms with Gasteiger partial charge in [0.05, 0.1) is 73.1 Å². The molecule has 2 saturated heterocycles. The number of hydrogen-bond acceptors (Lipinski definition) is 15. The fraction of sp³-hybridized carbons (Fsp3) is 0.412. The molecule has 2 amide bonds. The van der Waals surface area contributed by atoms with E-state index < -0.39 is 32.4 Å². The Labute approximate surface area is 543 Å². The highest BCUT2D eigenvalue weighted by Gasteiger charge is 2.29. The van der Waals surface area contributed by atoms with Gasteiger partial charge in [0.1, 0.15) is 52.0 Å². The number of ether oxygens (including phenoxy) is 5. The lowest BCUT2D eigenvalue weighted by Gasteiger charge is -2.33. The van der Waals surface area contributed by atoms with E-state index in [-0.39, 0.29) is 42.3 Å². The van der Waals surface area contributed by atoms with Gasteiger partial charge in [0.15, 0.2) is 11.3 Å². The first-order valence-electron chi connectivity index (χ1n) is 31.5. The quantitative estimate of drug-likeness (QED) is 0.0346. The van der Waals surface area contributed by atoms with Crippen LogP contribution < -0.4 is 20.1 Å². The van der Waals surface area contributed by atoms with Crippen LogP contribution in [0.2, 0.25) is 25.7 Å². The van der Waals surface area contributed by atoms with Crippen LogP contribution in [0, 0.1) is 0 Å². The Morgan fingerprint density at radius 1 is 0.660 bits per heavy atom. The van der Waals surface area contributed by atoms with Crippen molar-refractivity contribution >= 4 is 64.0 Å². The Morgan fingerprint density at radius 3 is 1.64 bits per heavy atom. The smallest absolute Gasteiger partial charge is 0.387 e. The van der Waals surface area contributed by atoms with Crippen molar-refractivity contribution in [2.24, 2.45) is 0 Å². The summed E-state index contributed by atoms with van der Waals surface area (Å²) in [6, 6.07) is 31.1. The number of morpholine rings is 2. The summed E-state index contributed by atoms with van der Waals surface area (Å²) in [5.74, 6) is -0.575. The van der Waals surface area contributed by atoms with E-state index in [2.05, 4.69) is 74.3 Å². The van der Waals surface area contributed by atoms with Crippen molar-refractivity contribution in [1.82, 2.24) is 69.5 Å². The lowest BCUT2D eigenvalue weighted by atomic mass is 10.1. The lowest BCUT2D eigenvalue weighted by Crippen LogP contribution is -2.43. The van der Waals surface area contributed by atoms with Crippen molar-refractivity contribution in [3.05, 3.63) is 144 Å². The minimum atomic E-state index is -2.99. The maximum absolute atomic E-state index is 13.6. The maximum atomic E-state index is 13.6. The number of amides is 2. The van der Waals surface area contributed by atoms with E-state index in [0.717, 1.165) is 32.2 Å². The van der Waals surface area contributed by atoms with Gasteiger partial charge in [0, 0.05) is 88.2 Å². The highest BCUT2D eigenvalue weighted by atomic mass is 28.3. The molecule has 4 aromatic carbocycles. The molecule has 2 fully saturated rings.